The molecule has 9 heteroatoms. The van der Waals surface area contributed by atoms with Gasteiger partial charge >= 0.3 is 0 Å². The van der Waals surface area contributed by atoms with E-state index in [1.807, 2.05) is 12.1 Å². The first-order valence-corrected chi connectivity index (χ1v) is 12.8. The van der Waals surface area contributed by atoms with E-state index in [4.69, 9.17) is 4.74 Å². The molecule has 2 amide bonds. The van der Waals surface area contributed by atoms with E-state index in [1.54, 1.807) is 25.5 Å². The monoisotopic (exact) mass is 480 g/mol. The summed E-state index contributed by atoms with van der Waals surface area (Å²) in [6.45, 7) is 6.53. The maximum atomic E-state index is 13.7. The Kier molecular flexibility index (Phi) is 6.53. The zero-order chi connectivity index (χ0) is 24.6. The summed E-state index contributed by atoms with van der Waals surface area (Å²) in [6, 6.07) is 5.14. The van der Waals surface area contributed by atoms with Gasteiger partial charge in [0.05, 0.1) is 31.1 Å². The van der Waals surface area contributed by atoms with E-state index in [9.17, 15) is 9.59 Å². The lowest BCUT2D eigenvalue weighted by Crippen LogP contribution is -2.54. The third-order valence-electron chi connectivity index (χ3n) is 8.16. The van der Waals surface area contributed by atoms with Gasteiger partial charge in [0.2, 0.25) is 5.91 Å². The Morgan fingerprint density at radius 3 is 2.60 bits per heavy atom. The first-order chi connectivity index (χ1) is 16.9. The number of carbonyl (C=O) groups excluding carboxylic acids is 2. The van der Waals surface area contributed by atoms with Crippen LogP contribution in [0.15, 0.2) is 30.6 Å². The second kappa shape index (κ2) is 9.60. The lowest BCUT2D eigenvalue weighted by Gasteiger charge is -2.42. The summed E-state index contributed by atoms with van der Waals surface area (Å²) >= 11 is 0. The number of morpholine rings is 1. The summed E-state index contributed by atoms with van der Waals surface area (Å²) < 4.78 is 7.06. The number of amides is 2. The minimum atomic E-state index is -0.617. The number of anilines is 2. The van der Waals surface area contributed by atoms with E-state index >= 15 is 0 Å². The predicted molar refractivity (Wildman–Crippen MR) is 133 cm³/mol. The summed E-state index contributed by atoms with van der Waals surface area (Å²) in [4.78, 5) is 33.7. The fraction of sp³-hybridized carbons (Fsp3) is 0.615. The SMILES string of the molecule is C[C@H]1COCCN1c1ccc(NC(=O)[C@@H](NC(=O)c2ccnn2C)C(C2CCC2)C2(C)CC2)cn1. The van der Waals surface area contributed by atoms with Crippen molar-refractivity contribution in [1.29, 1.82) is 0 Å². The molecule has 1 saturated heterocycles. The average Bonchev–Trinajstić information content (AvgIpc) is 3.41. The summed E-state index contributed by atoms with van der Waals surface area (Å²) in [5.74, 6) is 0.981. The first kappa shape index (κ1) is 23.8. The van der Waals surface area contributed by atoms with Gasteiger partial charge in [-0.25, -0.2) is 4.98 Å². The number of nitrogens with zero attached hydrogens (tertiary/aromatic N) is 4. The maximum Gasteiger partial charge on any atom is 0.270 e. The van der Waals surface area contributed by atoms with E-state index in [1.165, 1.54) is 11.1 Å². The van der Waals surface area contributed by atoms with Gasteiger partial charge in [0.25, 0.3) is 5.91 Å². The van der Waals surface area contributed by atoms with Crippen LogP contribution in [0.1, 0.15) is 56.4 Å². The molecule has 0 spiro atoms. The van der Waals surface area contributed by atoms with Crippen molar-refractivity contribution in [3.8, 4) is 0 Å². The van der Waals surface area contributed by atoms with Crippen LogP contribution in [0, 0.1) is 17.3 Å². The molecule has 2 aromatic rings. The number of carbonyl (C=O) groups is 2. The Morgan fingerprint density at radius 1 is 1.23 bits per heavy atom. The smallest absolute Gasteiger partial charge is 0.270 e. The van der Waals surface area contributed by atoms with Crippen LogP contribution in [0.4, 0.5) is 11.5 Å². The van der Waals surface area contributed by atoms with Crippen LogP contribution < -0.4 is 15.5 Å². The molecule has 1 aliphatic heterocycles. The second-order valence-electron chi connectivity index (χ2n) is 10.7. The van der Waals surface area contributed by atoms with Crippen LogP contribution in [0.2, 0.25) is 0 Å². The average molecular weight is 481 g/mol. The van der Waals surface area contributed by atoms with Crippen LogP contribution in [0.5, 0.6) is 0 Å². The number of ether oxygens (including phenoxy) is 1. The van der Waals surface area contributed by atoms with Crippen molar-refractivity contribution in [2.45, 2.75) is 58.0 Å². The Balaban J connectivity index is 1.35. The molecule has 2 aliphatic carbocycles. The highest BCUT2D eigenvalue weighted by molar-refractivity contribution is 6.00. The van der Waals surface area contributed by atoms with Gasteiger partial charge in [-0.3, -0.25) is 14.3 Å². The van der Waals surface area contributed by atoms with Gasteiger partial charge in [-0.1, -0.05) is 26.2 Å². The van der Waals surface area contributed by atoms with Crippen molar-refractivity contribution >= 4 is 23.3 Å². The lowest BCUT2D eigenvalue weighted by molar-refractivity contribution is -0.121. The first-order valence-electron chi connectivity index (χ1n) is 12.8. The number of pyridine rings is 1. The molecule has 0 radical (unpaired) electrons. The van der Waals surface area contributed by atoms with Gasteiger partial charge in [0.15, 0.2) is 0 Å². The number of nitrogens with one attached hydrogen (secondary N) is 2. The van der Waals surface area contributed by atoms with Gasteiger partial charge in [-0.15, -0.1) is 0 Å². The third kappa shape index (κ3) is 4.91. The predicted octanol–water partition coefficient (Wildman–Crippen LogP) is 2.99. The van der Waals surface area contributed by atoms with Gasteiger partial charge in [0.1, 0.15) is 17.6 Å². The number of aryl methyl sites for hydroxylation is 1. The van der Waals surface area contributed by atoms with Crippen molar-refractivity contribution in [3.05, 3.63) is 36.3 Å². The Morgan fingerprint density at radius 2 is 2.03 bits per heavy atom. The molecule has 1 unspecified atom stereocenters. The fourth-order valence-corrected chi connectivity index (χ4v) is 5.62. The highest BCUT2D eigenvalue weighted by Gasteiger charge is 2.54. The van der Waals surface area contributed by atoms with Gasteiger partial charge in [0, 0.05) is 19.8 Å². The Hall–Kier alpha value is -2.94. The minimum absolute atomic E-state index is 0.0847. The molecule has 5 rings (SSSR count). The second-order valence-corrected chi connectivity index (χ2v) is 10.7. The van der Waals surface area contributed by atoms with Crippen molar-refractivity contribution in [2.24, 2.45) is 24.3 Å². The molecular formula is C26H36N6O3. The Bertz CT molecular complexity index is 1060. The largest absolute Gasteiger partial charge is 0.377 e. The zero-order valence-corrected chi connectivity index (χ0v) is 20.9. The van der Waals surface area contributed by atoms with E-state index in [0.29, 0.717) is 30.5 Å². The van der Waals surface area contributed by atoms with Crippen LogP contribution in [-0.2, 0) is 16.6 Å². The van der Waals surface area contributed by atoms with Crippen LogP contribution in [0.3, 0.4) is 0 Å². The molecule has 2 N–H and O–H groups in total. The fourth-order valence-electron chi connectivity index (χ4n) is 5.62. The molecule has 0 aromatic carbocycles. The number of hydrogen-bond donors (Lipinski definition) is 2. The molecule has 2 saturated carbocycles. The van der Waals surface area contributed by atoms with Crippen LogP contribution >= 0.6 is 0 Å². The van der Waals surface area contributed by atoms with E-state index in [0.717, 1.165) is 38.0 Å². The minimum Gasteiger partial charge on any atom is -0.377 e. The van der Waals surface area contributed by atoms with Crippen LogP contribution in [0.25, 0.3) is 0 Å². The number of hydrogen-bond acceptors (Lipinski definition) is 6. The van der Waals surface area contributed by atoms with E-state index < -0.39 is 6.04 Å². The molecule has 0 bridgehead atoms. The van der Waals surface area contributed by atoms with E-state index in [-0.39, 0.29) is 29.2 Å². The standard InChI is InChI=1S/C26H36N6O3/c1-17-16-35-14-13-32(17)21-8-7-19(15-27-21)29-25(34)23(30-24(33)20-9-12-28-31(20)3)22(18-5-4-6-18)26(2)10-11-26/h7-9,12,15,17-18,22-23H,4-6,10-11,13-14,16H2,1-3H3,(H,29,34)(H,30,33)/t17-,22?,23-/m0/s1. The Labute approximate surface area is 206 Å². The normalized spacial score (nSPS) is 23.2. The van der Waals surface area contributed by atoms with Gasteiger partial charge in [-0.05, 0) is 55.2 Å². The molecule has 3 heterocycles. The van der Waals surface area contributed by atoms with Crippen LogP contribution in [-0.4, -0.2) is 58.4 Å². The topological polar surface area (TPSA) is 101 Å². The third-order valence-corrected chi connectivity index (χ3v) is 8.16. The zero-order valence-electron chi connectivity index (χ0n) is 20.9. The summed E-state index contributed by atoms with van der Waals surface area (Å²) in [5, 5.41) is 10.3. The number of aromatic nitrogens is 3. The molecule has 2 aromatic heterocycles. The number of rotatable bonds is 8. The molecular weight excluding hydrogens is 444 g/mol. The van der Waals surface area contributed by atoms with Gasteiger partial charge < -0.3 is 20.3 Å². The van der Waals surface area contributed by atoms with E-state index in [2.05, 4.69) is 39.5 Å². The molecule has 35 heavy (non-hydrogen) atoms. The van der Waals surface area contributed by atoms with Crippen molar-refractivity contribution < 1.29 is 14.3 Å². The summed E-state index contributed by atoms with van der Waals surface area (Å²) in [7, 11) is 1.73. The van der Waals surface area contributed by atoms with Gasteiger partial charge in [-0.2, -0.15) is 5.10 Å². The summed E-state index contributed by atoms with van der Waals surface area (Å²) in [6.07, 6.45) is 8.89. The highest BCUT2D eigenvalue weighted by atomic mass is 16.5. The summed E-state index contributed by atoms with van der Waals surface area (Å²) in [5.41, 5.74) is 1.16. The quantitative estimate of drug-likeness (QED) is 0.602. The lowest BCUT2D eigenvalue weighted by atomic mass is 9.66. The van der Waals surface area contributed by atoms with Crippen molar-refractivity contribution in [2.75, 3.05) is 30.0 Å². The maximum absolute atomic E-state index is 13.7. The molecule has 3 aliphatic rings. The molecule has 3 atom stereocenters. The highest BCUT2D eigenvalue weighted by Crippen LogP contribution is 2.58. The van der Waals surface area contributed by atoms with Crippen molar-refractivity contribution in [3.63, 3.8) is 0 Å². The van der Waals surface area contributed by atoms with Crippen molar-refractivity contribution in [1.82, 2.24) is 20.1 Å². The molecule has 9 nitrogen and oxygen atoms in total. The molecule has 188 valence electrons. The molecule has 3 fully saturated rings.